The van der Waals surface area contributed by atoms with E-state index < -0.39 is 21.7 Å². The number of azide groups is 2. The van der Waals surface area contributed by atoms with Crippen molar-refractivity contribution in [3.05, 3.63) is 171 Å². The maximum Gasteiger partial charge on any atom is 0.311 e. The average Bonchev–Trinajstić information content (AvgIpc) is 3.38. The molecule has 0 radical (unpaired) electrons. The molecular weight excluding hydrogens is 1120 g/mol. The predicted molar refractivity (Wildman–Crippen MR) is 349 cm³/mol. The molecule has 0 spiro atoms. The van der Waals surface area contributed by atoms with Crippen molar-refractivity contribution in [1.29, 1.82) is 0 Å². The second-order valence-corrected chi connectivity index (χ2v) is 29.3. The van der Waals surface area contributed by atoms with Gasteiger partial charge in [-0.2, -0.15) is 0 Å². The van der Waals surface area contributed by atoms with Gasteiger partial charge in [0.15, 0.2) is 0 Å². The molecule has 4 rings (SSSR count). The van der Waals surface area contributed by atoms with E-state index in [4.69, 9.17) is 30.0 Å². The molecule has 0 aliphatic heterocycles. The van der Waals surface area contributed by atoms with Gasteiger partial charge in [0.25, 0.3) is 11.4 Å². The van der Waals surface area contributed by atoms with Gasteiger partial charge in [-0.25, -0.2) is 0 Å². The smallest absolute Gasteiger partial charge is 0.311 e. The molecule has 4 aromatic rings. The number of carbonyl (C=O) groups is 4. The van der Waals surface area contributed by atoms with Crippen molar-refractivity contribution in [1.82, 2.24) is 0 Å². The van der Waals surface area contributed by atoms with Crippen LogP contribution in [0.25, 0.3) is 33.0 Å². The molecule has 480 valence electrons. The zero-order chi connectivity index (χ0) is 68.2. The van der Waals surface area contributed by atoms with Gasteiger partial charge >= 0.3 is 23.9 Å². The van der Waals surface area contributed by atoms with Crippen LogP contribution in [0.4, 0.5) is 22.7 Å². The van der Waals surface area contributed by atoms with Crippen LogP contribution in [0.5, 0.6) is 0 Å². The standard InChI is InChI=1S/C18H25N3O2.C18H25NO4.C16H23N3O2.C16H23NO4/c1-17(2,3)14-12-13(9-10-15(14)20-21-19)8-7-11-23-16(22)18(4,5)6;1-17(2,3)14-12-13(9-10-15(14)19(21)22)8-7-11-23-16(20)18(4,5)6;1-15(2,3)12-9-11(7-8-13(12)18-19-17)10-21-14(20)16(4,5)6;1-15(2,3)12-9-11(7-8-13(12)17(19)20)10-21-14(18)16(4,5)6/h2*7-10,12H,11H2,1-6H3;2*7-9H,10H2,1-6H3/b2*8-7+;;. The molecular formula is C68H96N8O12. The molecule has 0 saturated carbocycles. The second-order valence-electron chi connectivity index (χ2n) is 29.3. The van der Waals surface area contributed by atoms with E-state index in [1.165, 1.54) is 12.1 Å². The van der Waals surface area contributed by atoms with Gasteiger partial charge < -0.3 is 18.9 Å². The van der Waals surface area contributed by atoms with Crippen LogP contribution >= 0.6 is 0 Å². The number of hydrogen-bond acceptors (Lipinski definition) is 14. The number of nitrogens with zero attached hydrogens (tertiary/aromatic N) is 8. The lowest BCUT2D eigenvalue weighted by molar-refractivity contribution is -0.386. The van der Waals surface area contributed by atoms with Gasteiger partial charge in [-0.15, -0.1) is 0 Å². The number of carbonyl (C=O) groups excluding carboxylic acids is 4. The molecule has 0 unspecified atom stereocenters. The normalized spacial score (nSPS) is 12.1. The molecule has 0 bridgehead atoms. The van der Waals surface area contributed by atoms with Crippen molar-refractivity contribution in [2.24, 2.45) is 31.9 Å². The third kappa shape index (κ3) is 27.1. The lowest BCUT2D eigenvalue weighted by atomic mass is 9.85. The minimum absolute atomic E-state index is 0.0911. The number of esters is 4. The van der Waals surface area contributed by atoms with E-state index in [1.54, 1.807) is 96.2 Å². The van der Waals surface area contributed by atoms with E-state index in [0.717, 1.165) is 33.4 Å². The molecule has 4 aromatic carbocycles. The molecule has 0 aliphatic rings. The van der Waals surface area contributed by atoms with E-state index >= 15 is 0 Å². The number of rotatable bonds is 14. The zero-order valence-electron chi connectivity index (χ0n) is 56.5. The SMILES string of the molecule is CC(C)(C)C(=O)OC/C=C/c1ccc(N=[N+]=[N-])c(C(C)(C)C)c1.CC(C)(C)C(=O)OC/C=C/c1ccc([N+](=O)[O-])c(C(C)(C)C)c1.CC(C)(C)C(=O)OCc1ccc(N=[N+]=[N-])c(C(C)(C)C)c1.CC(C)(C)C(=O)OCc1ccc([N+](=O)[O-])c(C(C)(C)C)c1. The van der Waals surface area contributed by atoms with Gasteiger partial charge in [0, 0.05) is 44.5 Å². The second kappa shape index (κ2) is 32.1. The number of nitro benzene ring substituents is 2. The van der Waals surface area contributed by atoms with Gasteiger partial charge in [-0.3, -0.25) is 39.4 Å². The highest BCUT2D eigenvalue weighted by molar-refractivity contribution is 5.77. The van der Waals surface area contributed by atoms with Gasteiger partial charge in [-0.1, -0.05) is 142 Å². The molecule has 0 amide bonds. The van der Waals surface area contributed by atoms with Crippen LogP contribution in [0.1, 0.15) is 211 Å². The van der Waals surface area contributed by atoms with E-state index in [0.29, 0.717) is 22.5 Å². The maximum absolute atomic E-state index is 11.8. The summed E-state index contributed by atoms with van der Waals surface area (Å²) in [4.78, 5) is 74.1. The summed E-state index contributed by atoms with van der Waals surface area (Å²) >= 11 is 0. The minimum Gasteiger partial charge on any atom is -0.461 e. The topological polar surface area (TPSA) is 289 Å². The summed E-state index contributed by atoms with van der Waals surface area (Å²) in [6, 6.07) is 21.0. The molecule has 0 N–H and O–H groups in total. The molecule has 0 saturated heterocycles. The van der Waals surface area contributed by atoms with Crippen LogP contribution in [0, 0.1) is 41.9 Å². The van der Waals surface area contributed by atoms with E-state index in [2.05, 4.69) is 40.8 Å². The Morgan fingerprint density at radius 1 is 0.420 bits per heavy atom. The number of benzene rings is 4. The fourth-order valence-corrected chi connectivity index (χ4v) is 7.43. The first-order valence-corrected chi connectivity index (χ1v) is 28.9. The highest BCUT2D eigenvalue weighted by atomic mass is 16.6. The minimum atomic E-state index is -0.562. The van der Waals surface area contributed by atoms with E-state index in [-0.39, 0.29) is 93.2 Å². The predicted octanol–water partition coefficient (Wildman–Crippen LogP) is 19.0. The van der Waals surface area contributed by atoms with Crippen LogP contribution in [0.2, 0.25) is 0 Å². The van der Waals surface area contributed by atoms with E-state index in [9.17, 15) is 39.4 Å². The number of hydrogen-bond donors (Lipinski definition) is 0. The molecule has 20 nitrogen and oxygen atoms in total. The average molecular weight is 1220 g/mol. The van der Waals surface area contributed by atoms with Gasteiger partial charge in [-0.05, 0) is 186 Å². The lowest BCUT2D eigenvalue weighted by Crippen LogP contribution is -2.23. The Kier molecular flexibility index (Phi) is 28.3. The number of nitro groups is 2. The Hall–Kier alpha value is -8.34. The van der Waals surface area contributed by atoms with Crippen molar-refractivity contribution in [2.75, 3.05) is 13.2 Å². The Morgan fingerprint density at radius 3 is 1.02 bits per heavy atom. The first-order valence-electron chi connectivity index (χ1n) is 28.9. The van der Waals surface area contributed by atoms with Crippen LogP contribution in [0.3, 0.4) is 0 Å². The van der Waals surface area contributed by atoms with Gasteiger partial charge in [0.05, 0.1) is 31.5 Å². The zero-order valence-corrected chi connectivity index (χ0v) is 56.5. The van der Waals surface area contributed by atoms with Crippen molar-refractivity contribution in [2.45, 2.75) is 201 Å². The summed E-state index contributed by atoms with van der Waals surface area (Å²) in [6.45, 7) is 46.3. The Balaban J connectivity index is 0.000000587. The van der Waals surface area contributed by atoms with Crippen LogP contribution in [-0.4, -0.2) is 46.9 Å². The summed E-state index contributed by atoms with van der Waals surface area (Å²) in [5.74, 6) is -1.02. The molecule has 20 heteroatoms. The summed E-state index contributed by atoms with van der Waals surface area (Å²) < 4.78 is 20.9. The van der Waals surface area contributed by atoms with Crippen molar-refractivity contribution in [3.8, 4) is 0 Å². The first-order chi connectivity index (χ1) is 40.0. The van der Waals surface area contributed by atoms with Crippen LogP contribution < -0.4 is 0 Å². The van der Waals surface area contributed by atoms with E-state index in [1.807, 2.05) is 134 Å². The highest BCUT2D eigenvalue weighted by Crippen LogP contribution is 2.36. The summed E-state index contributed by atoms with van der Waals surface area (Å²) in [6.07, 6.45) is 7.23. The third-order valence-electron chi connectivity index (χ3n) is 12.5. The van der Waals surface area contributed by atoms with Crippen molar-refractivity contribution >= 4 is 58.8 Å². The van der Waals surface area contributed by atoms with Crippen LogP contribution in [-0.2, 0) is 73.0 Å². The monoisotopic (exact) mass is 1220 g/mol. The molecule has 0 aromatic heterocycles. The lowest BCUT2D eigenvalue weighted by Gasteiger charge is -2.22. The van der Waals surface area contributed by atoms with Gasteiger partial charge in [0.1, 0.15) is 26.4 Å². The molecule has 0 atom stereocenters. The summed E-state index contributed by atoms with van der Waals surface area (Å²) in [5.41, 5.74) is 22.3. The molecule has 0 fully saturated rings. The quantitative estimate of drug-likeness (QED) is 0.0217. The maximum atomic E-state index is 11.8. The van der Waals surface area contributed by atoms with Crippen molar-refractivity contribution < 1.29 is 48.0 Å². The Bertz CT molecular complexity index is 3070. The van der Waals surface area contributed by atoms with Gasteiger partial charge in [0.2, 0.25) is 0 Å². The third-order valence-corrected chi connectivity index (χ3v) is 12.5. The first kappa shape index (κ1) is 77.7. The fraction of sp³-hybridized carbons (Fsp3) is 0.529. The Labute approximate surface area is 521 Å². The molecule has 88 heavy (non-hydrogen) atoms. The summed E-state index contributed by atoms with van der Waals surface area (Å²) in [5, 5.41) is 29.7. The highest BCUT2D eigenvalue weighted by Gasteiger charge is 2.29. The Morgan fingerprint density at radius 2 is 0.693 bits per heavy atom. The fourth-order valence-electron chi connectivity index (χ4n) is 7.43. The molecule has 0 aliphatic carbocycles. The largest absolute Gasteiger partial charge is 0.461 e. The summed E-state index contributed by atoms with van der Waals surface area (Å²) in [7, 11) is 0. The number of ether oxygens (including phenoxy) is 4. The molecule has 0 heterocycles. The van der Waals surface area contributed by atoms with Crippen molar-refractivity contribution in [3.63, 3.8) is 0 Å². The van der Waals surface area contributed by atoms with Crippen LogP contribution in [0.15, 0.2) is 95.2 Å².